The van der Waals surface area contributed by atoms with Gasteiger partial charge in [-0.15, -0.1) is 0 Å². The molecule has 0 N–H and O–H groups in total. The van der Waals surface area contributed by atoms with Gasteiger partial charge in [0, 0.05) is 36.3 Å². The molecule has 358 valence electrons. The minimum atomic E-state index is -2.72. The summed E-state index contributed by atoms with van der Waals surface area (Å²) in [5, 5.41) is 0. The van der Waals surface area contributed by atoms with Crippen molar-refractivity contribution in [2.75, 3.05) is 0 Å². The zero-order valence-electron chi connectivity index (χ0n) is 34.0. The van der Waals surface area contributed by atoms with Gasteiger partial charge in [-0.3, -0.25) is 0 Å². The van der Waals surface area contributed by atoms with E-state index in [1.807, 2.05) is 0 Å². The SMILES string of the molecule is Cn1c2ccc1c(-c1c(F)c(F)c(F)c(F)c1F)c1ccc(c(-c3c(F)c(F)c(F)c(F)c3F)c3nc(c(-c4c(F)c(F)c(F)c(F)c4F)c4nc(c2-c2c(F)c(F)c(F)c(F)c2F)C=C4)C=C3)n1C. The second-order valence-electron chi connectivity index (χ2n) is 15.0. The first-order valence-corrected chi connectivity index (χ1v) is 19.1. The Balaban J connectivity index is 1.64. The van der Waals surface area contributed by atoms with Crippen molar-refractivity contribution in [1.29, 1.82) is 0 Å². The zero-order chi connectivity index (χ0) is 51.0. The molecule has 0 atom stereocenters. The second kappa shape index (κ2) is 16.4. The summed E-state index contributed by atoms with van der Waals surface area (Å²) < 4.78 is 307. The molecule has 0 saturated carbocycles. The molecule has 4 nitrogen and oxygen atoms in total. The molecule has 0 unspecified atom stereocenters. The Bertz CT molecular complexity index is 3520. The van der Waals surface area contributed by atoms with E-state index in [1.54, 1.807) is 0 Å². The summed E-state index contributed by atoms with van der Waals surface area (Å²) in [7, 11) is 1.65. The molecule has 7 aromatic rings. The highest BCUT2D eigenvalue weighted by Crippen LogP contribution is 2.45. The number of hydrogen-bond donors (Lipinski definition) is 0. The predicted octanol–water partition coefficient (Wildman–Crippen LogP) is 14.1. The highest BCUT2D eigenvalue weighted by molar-refractivity contribution is 6.01. The Labute approximate surface area is 374 Å². The van der Waals surface area contributed by atoms with Crippen molar-refractivity contribution in [3.05, 3.63) is 163 Å². The van der Waals surface area contributed by atoms with E-state index in [2.05, 4.69) is 9.97 Å². The molecule has 2 aliphatic heterocycles. The Hall–Kier alpha value is -7.92. The Morgan fingerprint density at radius 2 is 0.400 bits per heavy atom. The molecule has 2 aliphatic rings. The van der Waals surface area contributed by atoms with Crippen LogP contribution in [0, 0.1) is 116 Å². The number of rotatable bonds is 4. The van der Waals surface area contributed by atoms with Crippen molar-refractivity contribution < 1.29 is 87.8 Å². The van der Waals surface area contributed by atoms with E-state index in [0.717, 1.165) is 26.2 Å². The monoisotopic (exact) mass is 1000 g/mol. The van der Waals surface area contributed by atoms with Crippen molar-refractivity contribution in [3.63, 3.8) is 0 Å². The van der Waals surface area contributed by atoms with Gasteiger partial charge in [0.1, 0.15) is 0 Å². The molecule has 0 amide bonds. The Kier molecular flexibility index (Phi) is 11.0. The van der Waals surface area contributed by atoms with Gasteiger partial charge in [-0.05, 0) is 48.6 Å². The van der Waals surface area contributed by atoms with E-state index >= 15 is 61.5 Å². The molecule has 0 aliphatic carbocycles. The maximum absolute atomic E-state index is 16.1. The molecule has 0 fully saturated rings. The Morgan fingerprint density at radius 3 is 0.643 bits per heavy atom. The standard InChI is InChI=1S/C46H14F20N4/c1-69-15-7-9-17(69)22(26-33(53)41(61)46(66)42(62)34(26)54)18-10-8-16(70(18)2)21(25-31(51)39(59)45(65)40(60)32(25)52)14-6-4-12(68-14)19(23-27(47)35(55)43(63)36(56)28(23)48)11-3-5-13(67-11)20(15)24-29(49)37(57)44(64)38(58)30(24)50/h3-10H,1-2H3. The Morgan fingerprint density at radius 1 is 0.229 bits per heavy atom. The lowest BCUT2D eigenvalue weighted by molar-refractivity contribution is 0.381. The minimum Gasteiger partial charge on any atom is -0.343 e. The summed E-state index contributed by atoms with van der Waals surface area (Å²) in [4.78, 5) is 7.97. The summed E-state index contributed by atoms with van der Waals surface area (Å²) >= 11 is 0. The molecule has 24 heteroatoms. The van der Waals surface area contributed by atoms with Gasteiger partial charge >= 0.3 is 0 Å². The molecular formula is C46H14F20N4. The van der Waals surface area contributed by atoms with Gasteiger partial charge in [0.25, 0.3) is 0 Å². The second-order valence-corrected chi connectivity index (χ2v) is 15.0. The lowest BCUT2D eigenvalue weighted by atomic mass is 10.00. The van der Waals surface area contributed by atoms with Crippen molar-refractivity contribution in [2.45, 2.75) is 0 Å². The first-order valence-electron chi connectivity index (χ1n) is 19.1. The summed E-state index contributed by atoms with van der Waals surface area (Å²) in [6.07, 6.45) is 2.45. The van der Waals surface area contributed by atoms with Gasteiger partial charge in [-0.1, -0.05) is 0 Å². The third kappa shape index (κ3) is 6.47. The third-order valence-electron chi connectivity index (χ3n) is 11.4. The van der Waals surface area contributed by atoms with Crippen LogP contribution in [0.3, 0.4) is 0 Å². The van der Waals surface area contributed by atoms with E-state index in [-0.39, 0.29) is 0 Å². The van der Waals surface area contributed by atoms with Crippen molar-refractivity contribution in [3.8, 4) is 44.5 Å². The average molecular weight is 1000 g/mol. The summed E-state index contributed by atoms with van der Waals surface area (Å²) in [5.41, 5.74) is -19.8. The van der Waals surface area contributed by atoms with Crippen LogP contribution in [0.15, 0.2) is 24.3 Å². The lowest BCUT2D eigenvalue weighted by Gasteiger charge is -2.15. The van der Waals surface area contributed by atoms with E-state index in [9.17, 15) is 26.3 Å². The van der Waals surface area contributed by atoms with Gasteiger partial charge in [0.15, 0.2) is 93.1 Å². The number of nitrogens with zero attached hydrogens (tertiary/aromatic N) is 4. The maximum atomic E-state index is 16.1. The van der Waals surface area contributed by atoms with Crippen LogP contribution in [0.5, 0.6) is 0 Å². The molecular weight excluding hydrogens is 988 g/mol. The van der Waals surface area contributed by atoms with Crippen molar-refractivity contribution >= 4 is 46.4 Å². The van der Waals surface area contributed by atoms with E-state index in [1.165, 1.54) is 0 Å². The fraction of sp³-hybridized carbons (Fsp3) is 0.0435. The predicted molar refractivity (Wildman–Crippen MR) is 209 cm³/mol. The van der Waals surface area contributed by atoms with Crippen LogP contribution in [-0.2, 0) is 14.1 Å². The minimum absolute atomic E-state index is 0.598. The molecule has 0 saturated heterocycles. The normalized spacial score (nSPS) is 12.3. The molecule has 3 aromatic heterocycles. The van der Waals surface area contributed by atoms with E-state index in [4.69, 9.17) is 0 Å². The van der Waals surface area contributed by atoms with Gasteiger partial charge in [-0.25, -0.2) is 97.8 Å². The fourth-order valence-corrected chi connectivity index (χ4v) is 8.15. The van der Waals surface area contributed by atoms with Gasteiger partial charge in [0.2, 0.25) is 23.3 Å². The smallest absolute Gasteiger partial charge is 0.200 e. The number of aromatic nitrogens is 4. The van der Waals surface area contributed by atoms with Gasteiger partial charge < -0.3 is 9.13 Å². The molecule has 4 aromatic carbocycles. The van der Waals surface area contributed by atoms with Crippen LogP contribution in [0.1, 0.15) is 22.8 Å². The molecule has 9 rings (SSSR count). The average Bonchev–Trinajstić information content (AvgIpc) is 4.17. The molecule has 0 spiro atoms. The summed E-state index contributed by atoms with van der Waals surface area (Å²) in [6.45, 7) is 0. The van der Waals surface area contributed by atoms with Crippen LogP contribution in [-0.4, -0.2) is 19.1 Å². The largest absolute Gasteiger partial charge is 0.343 e. The van der Waals surface area contributed by atoms with Crippen LogP contribution < -0.4 is 0 Å². The summed E-state index contributed by atoms with van der Waals surface area (Å²) in [5.74, 6) is -52.4. The molecule has 70 heavy (non-hydrogen) atoms. The van der Waals surface area contributed by atoms with Crippen LogP contribution >= 0.6 is 0 Å². The van der Waals surface area contributed by atoms with Crippen molar-refractivity contribution in [1.82, 2.24) is 19.1 Å². The molecule has 8 bridgehead atoms. The van der Waals surface area contributed by atoms with Crippen LogP contribution in [0.2, 0.25) is 0 Å². The lowest BCUT2D eigenvalue weighted by Crippen LogP contribution is -2.07. The highest BCUT2D eigenvalue weighted by Gasteiger charge is 2.36. The number of hydrogen-bond acceptors (Lipinski definition) is 2. The van der Waals surface area contributed by atoms with Gasteiger partial charge in [0.05, 0.1) is 67.1 Å². The van der Waals surface area contributed by atoms with E-state index in [0.29, 0.717) is 45.6 Å². The van der Waals surface area contributed by atoms with E-state index < -0.39 is 206 Å². The number of halogens is 20. The number of aryl methyl sites for hydroxylation is 2. The number of fused-ring (bicyclic) bond motifs is 8. The molecule has 0 radical (unpaired) electrons. The van der Waals surface area contributed by atoms with Gasteiger partial charge in [-0.2, -0.15) is 0 Å². The third-order valence-corrected chi connectivity index (χ3v) is 11.4. The quantitative estimate of drug-likeness (QED) is 0.100. The maximum Gasteiger partial charge on any atom is 0.200 e. The van der Waals surface area contributed by atoms with Crippen LogP contribution in [0.4, 0.5) is 87.8 Å². The first-order chi connectivity index (χ1) is 32.9. The van der Waals surface area contributed by atoms with Crippen molar-refractivity contribution in [2.24, 2.45) is 14.1 Å². The topological polar surface area (TPSA) is 35.6 Å². The van der Waals surface area contributed by atoms with Crippen LogP contribution in [0.25, 0.3) is 90.9 Å². The summed E-state index contributed by atoms with van der Waals surface area (Å²) in [6, 6.07) is 2.84. The first kappa shape index (κ1) is 47.2. The fourth-order valence-electron chi connectivity index (χ4n) is 8.15. The molecule has 5 heterocycles. The zero-order valence-corrected chi connectivity index (χ0v) is 34.0. The number of benzene rings is 4. The highest BCUT2D eigenvalue weighted by atomic mass is 19.2.